The van der Waals surface area contributed by atoms with Crippen LogP contribution in [0.1, 0.15) is 13.8 Å². The third-order valence-electron chi connectivity index (χ3n) is 3.82. The molecule has 3 aromatic rings. The van der Waals surface area contributed by atoms with E-state index in [9.17, 15) is 4.79 Å². The van der Waals surface area contributed by atoms with Crippen LogP contribution in [0.4, 0.5) is 5.69 Å². The van der Waals surface area contributed by atoms with Crippen molar-refractivity contribution in [1.29, 1.82) is 0 Å². The Labute approximate surface area is 147 Å². The quantitative estimate of drug-likeness (QED) is 0.713. The largest absolute Gasteiger partial charge is 0.494 e. The van der Waals surface area contributed by atoms with E-state index < -0.39 is 6.10 Å². The number of ether oxygens (including phenoxy) is 2. The summed E-state index contributed by atoms with van der Waals surface area (Å²) in [6, 6.07) is 21.2. The van der Waals surface area contributed by atoms with Crippen LogP contribution in [0.5, 0.6) is 11.5 Å². The summed E-state index contributed by atoms with van der Waals surface area (Å²) in [4.78, 5) is 12.4. The minimum absolute atomic E-state index is 0.207. The van der Waals surface area contributed by atoms with E-state index in [1.54, 1.807) is 13.0 Å². The molecule has 0 saturated heterocycles. The number of fused-ring (bicyclic) bond motifs is 1. The van der Waals surface area contributed by atoms with Crippen LogP contribution in [-0.2, 0) is 4.79 Å². The van der Waals surface area contributed by atoms with E-state index in [2.05, 4.69) is 5.32 Å². The fraction of sp³-hybridized carbons (Fsp3) is 0.190. The predicted molar refractivity (Wildman–Crippen MR) is 100 cm³/mol. The average molecular weight is 335 g/mol. The lowest BCUT2D eigenvalue weighted by atomic mass is 10.1. The number of hydrogen-bond donors (Lipinski definition) is 1. The van der Waals surface area contributed by atoms with E-state index in [0.29, 0.717) is 18.0 Å². The molecule has 0 aliphatic rings. The third-order valence-corrected chi connectivity index (χ3v) is 3.82. The highest BCUT2D eigenvalue weighted by atomic mass is 16.5. The maximum absolute atomic E-state index is 12.4. The number of hydrogen-bond acceptors (Lipinski definition) is 3. The maximum Gasteiger partial charge on any atom is 0.265 e. The Hall–Kier alpha value is -3.01. The Balaban J connectivity index is 1.66. The SMILES string of the molecule is CCOc1cccc(NC(=O)C(C)Oc2ccc3ccccc3c2)c1. The van der Waals surface area contributed by atoms with Gasteiger partial charge in [0.25, 0.3) is 5.91 Å². The van der Waals surface area contributed by atoms with Crippen molar-refractivity contribution in [1.82, 2.24) is 0 Å². The van der Waals surface area contributed by atoms with E-state index in [1.807, 2.05) is 67.6 Å². The minimum atomic E-state index is -0.614. The monoisotopic (exact) mass is 335 g/mol. The van der Waals surface area contributed by atoms with E-state index >= 15 is 0 Å². The molecule has 128 valence electrons. The zero-order chi connectivity index (χ0) is 17.6. The first kappa shape index (κ1) is 16.8. The first-order valence-electron chi connectivity index (χ1n) is 8.35. The third kappa shape index (κ3) is 4.29. The van der Waals surface area contributed by atoms with Gasteiger partial charge in [0, 0.05) is 11.8 Å². The van der Waals surface area contributed by atoms with Crippen molar-refractivity contribution in [3.8, 4) is 11.5 Å². The number of anilines is 1. The average Bonchev–Trinajstić information content (AvgIpc) is 2.62. The molecule has 4 heteroatoms. The number of amides is 1. The zero-order valence-corrected chi connectivity index (χ0v) is 14.4. The number of nitrogens with one attached hydrogen (secondary N) is 1. The van der Waals surface area contributed by atoms with Gasteiger partial charge in [-0.3, -0.25) is 4.79 Å². The number of benzene rings is 3. The molecule has 0 bridgehead atoms. The van der Waals surface area contributed by atoms with Gasteiger partial charge in [-0.25, -0.2) is 0 Å². The second kappa shape index (κ2) is 7.71. The summed E-state index contributed by atoms with van der Waals surface area (Å²) >= 11 is 0. The highest BCUT2D eigenvalue weighted by Crippen LogP contribution is 2.22. The van der Waals surface area contributed by atoms with Gasteiger partial charge in [-0.1, -0.05) is 36.4 Å². The van der Waals surface area contributed by atoms with Crippen LogP contribution in [0.15, 0.2) is 66.7 Å². The molecule has 0 aromatic heterocycles. The van der Waals surface area contributed by atoms with Crippen LogP contribution in [0, 0.1) is 0 Å². The van der Waals surface area contributed by atoms with Crippen LogP contribution < -0.4 is 14.8 Å². The Morgan fingerprint density at radius 1 is 0.960 bits per heavy atom. The second-order valence-corrected chi connectivity index (χ2v) is 5.72. The molecule has 1 unspecified atom stereocenters. The summed E-state index contributed by atoms with van der Waals surface area (Å²) in [5, 5.41) is 5.07. The molecule has 0 fully saturated rings. The minimum Gasteiger partial charge on any atom is -0.494 e. The lowest BCUT2D eigenvalue weighted by Crippen LogP contribution is -2.30. The molecule has 0 aliphatic heterocycles. The van der Waals surface area contributed by atoms with Crippen molar-refractivity contribution in [3.63, 3.8) is 0 Å². The molecular formula is C21H21NO3. The standard InChI is InChI=1S/C21H21NO3/c1-3-24-19-10-6-9-18(14-19)22-21(23)15(2)25-20-12-11-16-7-4-5-8-17(16)13-20/h4-15H,3H2,1-2H3,(H,22,23). The van der Waals surface area contributed by atoms with Crippen molar-refractivity contribution in [2.45, 2.75) is 20.0 Å². The molecule has 1 atom stereocenters. The molecule has 0 spiro atoms. The van der Waals surface area contributed by atoms with E-state index in [-0.39, 0.29) is 5.91 Å². The first-order valence-corrected chi connectivity index (χ1v) is 8.35. The van der Waals surface area contributed by atoms with Crippen molar-refractivity contribution < 1.29 is 14.3 Å². The molecule has 25 heavy (non-hydrogen) atoms. The van der Waals surface area contributed by atoms with E-state index in [0.717, 1.165) is 16.5 Å². The van der Waals surface area contributed by atoms with Crippen molar-refractivity contribution in [3.05, 3.63) is 66.7 Å². The van der Waals surface area contributed by atoms with E-state index in [4.69, 9.17) is 9.47 Å². The molecular weight excluding hydrogens is 314 g/mol. The van der Waals surface area contributed by atoms with Crippen molar-refractivity contribution >= 4 is 22.4 Å². The van der Waals surface area contributed by atoms with Gasteiger partial charge in [0.15, 0.2) is 6.10 Å². The molecule has 3 aromatic carbocycles. The van der Waals surface area contributed by atoms with Gasteiger partial charge in [0.05, 0.1) is 6.61 Å². The van der Waals surface area contributed by atoms with Crippen LogP contribution in [0.2, 0.25) is 0 Å². The normalized spacial score (nSPS) is 11.8. The predicted octanol–water partition coefficient (Wildman–Crippen LogP) is 4.64. The van der Waals surface area contributed by atoms with Gasteiger partial charge in [0.1, 0.15) is 11.5 Å². The molecule has 0 heterocycles. The summed E-state index contributed by atoms with van der Waals surface area (Å²) in [6.07, 6.45) is -0.614. The van der Waals surface area contributed by atoms with Gasteiger partial charge in [-0.15, -0.1) is 0 Å². The number of carbonyl (C=O) groups is 1. The van der Waals surface area contributed by atoms with Gasteiger partial charge in [-0.05, 0) is 48.9 Å². The van der Waals surface area contributed by atoms with Crippen LogP contribution in [0.25, 0.3) is 10.8 Å². The molecule has 1 amide bonds. The molecule has 0 saturated carbocycles. The number of rotatable bonds is 6. The fourth-order valence-electron chi connectivity index (χ4n) is 2.57. The Bertz CT molecular complexity index is 876. The Morgan fingerprint density at radius 3 is 2.56 bits per heavy atom. The summed E-state index contributed by atoms with van der Waals surface area (Å²) in [6.45, 7) is 4.24. The van der Waals surface area contributed by atoms with Crippen molar-refractivity contribution in [2.24, 2.45) is 0 Å². The van der Waals surface area contributed by atoms with Gasteiger partial charge in [0.2, 0.25) is 0 Å². The van der Waals surface area contributed by atoms with Crippen molar-refractivity contribution in [2.75, 3.05) is 11.9 Å². The summed E-state index contributed by atoms with van der Waals surface area (Å²) in [5.74, 6) is 1.19. The first-order chi connectivity index (χ1) is 12.2. The fourth-order valence-corrected chi connectivity index (χ4v) is 2.57. The second-order valence-electron chi connectivity index (χ2n) is 5.72. The summed E-state index contributed by atoms with van der Waals surface area (Å²) in [5.41, 5.74) is 0.685. The van der Waals surface area contributed by atoms with Gasteiger partial charge < -0.3 is 14.8 Å². The Kier molecular flexibility index (Phi) is 5.19. The molecule has 4 nitrogen and oxygen atoms in total. The lowest BCUT2D eigenvalue weighted by Gasteiger charge is -2.15. The van der Waals surface area contributed by atoms with Crippen LogP contribution >= 0.6 is 0 Å². The van der Waals surface area contributed by atoms with Crippen LogP contribution in [-0.4, -0.2) is 18.6 Å². The molecule has 0 radical (unpaired) electrons. The highest BCUT2D eigenvalue weighted by Gasteiger charge is 2.15. The highest BCUT2D eigenvalue weighted by molar-refractivity contribution is 5.94. The van der Waals surface area contributed by atoms with Crippen LogP contribution in [0.3, 0.4) is 0 Å². The summed E-state index contributed by atoms with van der Waals surface area (Å²) < 4.78 is 11.2. The molecule has 1 N–H and O–H groups in total. The number of carbonyl (C=O) groups excluding carboxylic acids is 1. The van der Waals surface area contributed by atoms with E-state index in [1.165, 1.54) is 0 Å². The Morgan fingerprint density at radius 2 is 1.76 bits per heavy atom. The summed E-state index contributed by atoms with van der Waals surface area (Å²) in [7, 11) is 0. The van der Waals surface area contributed by atoms with Gasteiger partial charge in [-0.2, -0.15) is 0 Å². The zero-order valence-electron chi connectivity index (χ0n) is 14.4. The molecule has 0 aliphatic carbocycles. The smallest absolute Gasteiger partial charge is 0.265 e. The lowest BCUT2D eigenvalue weighted by molar-refractivity contribution is -0.122. The van der Waals surface area contributed by atoms with Gasteiger partial charge >= 0.3 is 0 Å². The molecule has 3 rings (SSSR count). The topological polar surface area (TPSA) is 47.6 Å². The maximum atomic E-state index is 12.4.